The predicted molar refractivity (Wildman–Crippen MR) is 106 cm³/mol. The van der Waals surface area contributed by atoms with Crippen molar-refractivity contribution >= 4 is 17.9 Å². The Kier molecular flexibility index (Phi) is 7.65. The monoisotopic (exact) mass is 382 g/mol. The van der Waals surface area contributed by atoms with Crippen LogP contribution < -0.4 is 25.1 Å². The Morgan fingerprint density at radius 3 is 2.36 bits per heavy atom. The van der Waals surface area contributed by atoms with Gasteiger partial charge in [0.05, 0.1) is 14.2 Å². The predicted octanol–water partition coefficient (Wildman–Crippen LogP) is 2.74. The molecule has 0 aliphatic heterocycles. The Labute approximate surface area is 163 Å². The highest BCUT2D eigenvalue weighted by Gasteiger charge is 2.07. The van der Waals surface area contributed by atoms with E-state index in [1.54, 1.807) is 61.7 Å². The van der Waals surface area contributed by atoms with Gasteiger partial charge in [0.25, 0.3) is 11.8 Å². The Morgan fingerprint density at radius 2 is 1.71 bits per heavy atom. The van der Waals surface area contributed by atoms with E-state index < -0.39 is 11.8 Å². The van der Waals surface area contributed by atoms with E-state index in [1.165, 1.54) is 13.2 Å². The summed E-state index contributed by atoms with van der Waals surface area (Å²) in [6, 6.07) is 11.8. The number of ether oxygens (including phenoxy) is 3. The number of hydrazine groups is 1. The van der Waals surface area contributed by atoms with Crippen LogP contribution in [0.1, 0.15) is 15.9 Å². The Balaban J connectivity index is 1.88. The zero-order valence-corrected chi connectivity index (χ0v) is 15.7. The number of carbonyl (C=O) groups is 2. The minimum atomic E-state index is -0.478. The SMILES string of the molecule is C=CCOc1ccc(C(=O)NNC(=O)C=Cc2ccc(OC)c(OC)c2)cc1. The third-order valence-electron chi connectivity index (χ3n) is 3.62. The maximum atomic E-state index is 12.1. The molecule has 0 atom stereocenters. The number of methoxy groups -OCH3 is 2. The van der Waals surface area contributed by atoms with E-state index in [2.05, 4.69) is 17.4 Å². The van der Waals surface area contributed by atoms with Gasteiger partial charge in [-0.15, -0.1) is 0 Å². The van der Waals surface area contributed by atoms with Gasteiger partial charge in [0.15, 0.2) is 11.5 Å². The van der Waals surface area contributed by atoms with E-state index in [1.807, 2.05) is 0 Å². The van der Waals surface area contributed by atoms with Gasteiger partial charge in [-0.25, -0.2) is 0 Å². The summed E-state index contributed by atoms with van der Waals surface area (Å²) < 4.78 is 15.7. The van der Waals surface area contributed by atoms with E-state index >= 15 is 0 Å². The number of hydrogen-bond donors (Lipinski definition) is 2. The van der Waals surface area contributed by atoms with Crippen molar-refractivity contribution in [2.45, 2.75) is 0 Å². The Hall–Kier alpha value is -3.74. The summed E-state index contributed by atoms with van der Waals surface area (Å²) >= 11 is 0. The molecule has 2 N–H and O–H groups in total. The van der Waals surface area contributed by atoms with Crippen LogP contribution in [0, 0.1) is 0 Å². The molecule has 7 nitrogen and oxygen atoms in total. The highest BCUT2D eigenvalue weighted by atomic mass is 16.5. The van der Waals surface area contributed by atoms with Crippen molar-refractivity contribution in [2.75, 3.05) is 20.8 Å². The van der Waals surface area contributed by atoms with Crippen LogP contribution in [0.3, 0.4) is 0 Å². The zero-order chi connectivity index (χ0) is 20.4. The second-order valence-corrected chi connectivity index (χ2v) is 5.52. The minimum Gasteiger partial charge on any atom is -0.493 e. The topological polar surface area (TPSA) is 85.9 Å². The molecule has 7 heteroatoms. The van der Waals surface area contributed by atoms with Crippen LogP contribution in [0.25, 0.3) is 6.08 Å². The molecule has 0 aliphatic carbocycles. The summed E-state index contributed by atoms with van der Waals surface area (Å²) in [4.78, 5) is 24.0. The molecule has 0 bridgehead atoms. The summed E-state index contributed by atoms with van der Waals surface area (Å²) in [7, 11) is 3.08. The number of benzene rings is 2. The molecule has 2 aromatic carbocycles. The van der Waals surface area contributed by atoms with E-state index in [0.29, 0.717) is 29.4 Å². The van der Waals surface area contributed by atoms with Crippen molar-refractivity contribution in [1.82, 2.24) is 10.9 Å². The van der Waals surface area contributed by atoms with Crippen LogP contribution in [-0.2, 0) is 4.79 Å². The van der Waals surface area contributed by atoms with Gasteiger partial charge in [0.2, 0.25) is 0 Å². The number of rotatable bonds is 8. The standard InChI is InChI=1S/C21H22N2O5/c1-4-13-28-17-9-7-16(8-10-17)21(25)23-22-20(24)12-6-15-5-11-18(26-2)19(14-15)27-3/h4-12,14H,1,13H2,2-3H3,(H,22,24)(H,23,25). The van der Waals surface area contributed by atoms with Gasteiger partial charge in [-0.1, -0.05) is 18.7 Å². The first-order valence-electron chi connectivity index (χ1n) is 8.41. The molecule has 2 aromatic rings. The molecular weight excluding hydrogens is 360 g/mol. The molecule has 0 saturated carbocycles. The quantitative estimate of drug-likeness (QED) is 0.417. The lowest BCUT2D eigenvalue weighted by molar-refractivity contribution is -0.117. The summed E-state index contributed by atoms with van der Waals surface area (Å²) in [5.41, 5.74) is 5.80. The lowest BCUT2D eigenvalue weighted by atomic mass is 10.2. The molecule has 0 aromatic heterocycles. The molecule has 146 valence electrons. The highest BCUT2D eigenvalue weighted by molar-refractivity contribution is 5.98. The normalized spacial score (nSPS) is 10.2. The van der Waals surface area contributed by atoms with Crippen molar-refractivity contribution in [3.63, 3.8) is 0 Å². The molecular formula is C21H22N2O5. The summed E-state index contributed by atoms with van der Waals surface area (Å²) in [6.07, 6.45) is 4.52. The molecule has 28 heavy (non-hydrogen) atoms. The first-order valence-corrected chi connectivity index (χ1v) is 8.41. The summed E-state index contributed by atoms with van der Waals surface area (Å²) in [6.45, 7) is 3.95. The van der Waals surface area contributed by atoms with Crippen LogP contribution in [0.4, 0.5) is 0 Å². The van der Waals surface area contributed by atoms with E-state index in [0.717, 1.165) is 5.56 Å². The minimum absolute atomic E-state index is 0.383. The van der Waals surface area contributed by atoms with Crippen LogP contribution in [0.15, 0.2) is 61.2 Å². The third-order valence-corrected chi connectivity index (χ3v) is 3.62. The molecule has 0 spiro atoms. The number of carbonyl (C=O) groups excluding carboxylic acids is 2. The van der Waals surface area contributed by atoms with Gasteiger partial charge < -0.3 is 14.2 Å². The van der Waals surface area contributed by atoms with Crippen LogP contribution in [-0.4, -0.2) is 32.6 Å². The second-order valence-electron chi connectivity index (χ2n) is 5.52. The maximum absolute atomic E-state index is 12.1. The Morgan fingerprint density at radius 1 is 1.00 bits per heavy atom. The fraction of sp³-hybridized carbons (Fsp3) is 0.143. The lowest BCUT2D eigenvalue weighted by Gasteiger charge is -2.08. The molecule has 0 heterocycles. The van der Waals surface area contributed by atoms with Gasteiger partial charge in [-0.05, 0) is 48.0 Å². The van der Waals surface area contributed by atoms with Gasteiger partial charge in [0.1, 0.15) is 12.4 Å². The summed E-state index contributed by atoms with van der Waals surface area (Å²) in [5, 5.41) is 0. The largest absolute Gasteiger partial charge is 0.493 e. The second kappa shape index (κ2) is 10.4. The van der Waals surface area contributed by atoms with Crippen LogP contribution >= 0.6 is 0 Å². The van der Waals surface area contributed by atoms with Crippen molar-refractivity contribution in [1.29, 1.82) is 0 Å². The highest BCUT2D eigenvalue weighted by Crippen LogP contribution is 2.27. The van der Waals surface area contributed by atoms with E-state index in [-0.39, 0.29) is 0 Å². The van der Waals surface area contributed by atoms with Gasteiger partial charge >= 0.3 is 0 Å². The van der Waals surface area contributed by atoms with Crippen molar-refractivity contribution < 1.29 is 23.8 Å². The van der Waals surface area contributed by atoms with Gasteiger partial charge in [-0.3, -0.25) is 20.4 Å². The Bertz CT molecular complexity index is 860. The van der Waals surface area contributed by atoms with Crippen LogP contribution in [0.5, 0.6) is 17.2 Å². The number of nitrogens with one attached hydrogen (secondary N) is 2. The first kappa shape index (κ1) is 20.6. The zero-order valence-electron chi connectivity index (χ0n) is 15.7. The molecule has 2 rings (SSSR count). The van der Waals surface area contributed by atoms with Gasteiger partial charge in [-0.2, -0.15) is 0 Å². The van der Waals surface area contributed by atoms with E-state index in [4.69, 9.17) is 14.2 Å². The van der Waals surface area contributed by atoms with E-state index in [9.17, 15) is 9.59 Å². The van der Waals surface area contributed by atoms with Crippen molar-refractivity contribution in [3.05, 3.63) is 72.3 Å². The molecule has 0 saturated heterocycles. The van der Waals surface area contributed by atoms with Crippen molar-refractivity contribution in [3.8, 4) is 17.2 Å². The summed E-state index contributed by atoms with van der Waals surface area (Å²) in [5.74, 6) is 0.853. The molecule has 0 aliphatic rings. The van der Waals surface area contributed by atoms with Crippen molar-refractivity contribution in [2.24, 2.45) is 0 Å². The maximum Gasteiger partial charge on any atom is 0.269 e. The fourth-order valence-electron chi connectivity index (χ4n) is 2.22. The average Bonchev–Trinajstić information content (AvgIpc) is 2.74. The molecule has 0 radical (unpaired) electrons. The number of amides is 2. The van der Waals surface area contributed by atoms with Crippen LogP contribution in [0.2, 0.25) is 0 Å². The molecule has 2 amide bonds. The fourth-order valence-corrected chi connectivity index (χ4v) is 2.22. The lowest BCUT2D eigenvalue weighted by Crippen LogP contribution is -2.40. The average molecular weight is 382 g/mol. The molecule has 0 fully saturated rings. The molecule has 0 unspecified atom stereocenters. The smallest absolute Gasteiger partial charge is 0.269 e. The first-order chi connectivity index (χ1) is 13.6. The van der Waals surface area contributed by atoms with Gasteiger partial charge in [0, 0.05) is 11.6 Å². The third kappa shape index (κ3) is 5.91. The number of hydrogen-bond acceptors (Lipinski definition) is 5.